The fourth-order valence-electron chi connectivity index (χ4n) is 4.51. The molecule has 0 radical (unpaired) electrons. The summed E-state index contributed by atoms with van der Waals surface area (Å²) in [5, 5.41) is 25.7. The van der Waals surface area contributed by atoms with Crippen LogP contribution < -0.4 is 27.0 Å². The normalized spacial score (nSPS) is 12.0. The maximum Gasteiger partial charge on any atom is 0.338 e. The number of benzene rings is 2. The molecule has 0 saturated carbocycles. The van der Waals surface area contributed by atoms with Crippen LogP contribution in [0.1, 0.15) is 61.4 Å². The summed E-state index contributed by atoms with van der Waals surface area (Å²) in [6.07, 6.45) is 4.55. The number of nitrogens with two attached hydrogens (primary N) is 1. The largest absolute Gasteiger partial charge is 0.508 e. The lowest BCUT2D eigenvalue weighted by atomic mass is 10.0. The number of esters is 1. The Bertz CT molecular complexity index is 1200. The third-order valence-electron chi connectivity index (χ3n) is 7.03. The van der Waals surface area contributed by atoms with Crippen molar-refractivity contribution in [1.29, 1.82) is 0 Å². The molecule has 1 unspecified atom stereocenters. The molecule has 246 valence electrons. The quantitative estimate of drug-likeness (QED) is 0.0354. The number of nitrogens with zero attached hydrogens (tertiary/aromatic N) is 3. The van der Waals surface area contributed by atoms with Gasteiger partial charge in [0.25, 0.3) is 0 Å². The number of phenols is 1. The van der Waals surface area contributed by atoms with Crippen LogP contribution in [0.25, 0.3) is 10.4 Å². The van der Waals surface area contributed by atoms with Crippen molar-refractivity contribution in [3.05, 3.63) is 70.1 Å². The molecule has 0 fully saturated rings. The van der Waals surface area contributed by atoms with Gasteiger partial charge in [0, 0.05) is 30.0 Å². The highest BCUT2D eigenvalue weighted by molar-refractivity contribution is 5.89. The molecule has 0 heterocycles. The first kappa shape index (κ1) is 37.0. The van der Waals surface area contributed by atoms with E-state index in [4.69, 9.17) is 16.0 Å². The average Bonchev–Trinajstić information content (AvgIpc) is 3.03. The zero-order valence-electron chi connectivity index (χ0n) is 26.2. The van der Waals surface area contributed by atoms with Crippen LogP contribution in [0.15, 0.2) is 53.6 Å². The van der Waals surface area contributed by atoms with E-state index in [9.17, 15) is 19.5 Å². The summed E-state index contributed by atoms with van der Waals surface area (Å²) in [5.41, 5.74) is 15.8. The molecule has 0 bridgehead atoms. The number of phenolic OH excluding ortho intramolecular Hbond substituents is 1. The number of amides is 2. The molecule has 0 aliphatic heterocycles. The zero-order valence-corrected chi connectivity index (χ0v) is 26.2. The van der Waals surface area contributed by atoms with E-state index in [0.717, 1.165) is 51.0 Å². The van der Waals surface area contributed by atoms with E-state index >= 15 is 0 Å². The third-order valence-corrected chi connectivity index (χ3v) is 7.03. The number of rotatable bonds is 23. The first-order chi connectivity index (χ1) is 21.9. The summed E-state index contributed by atoms with van der Waals surface area (Å²) in [4.78, 5) is 40.2. The second kappa shape index (κ2) is 22.4. The maximum absolute atomic E-state index is 12.9. The molecule has 13 nitrogen and oxygen atoms in total. The Hall–Kier alpha value is -4.16. The molecule has 2 aromatic carbocycles. The van der Waals surface area contributed by atoms with Crippen LogP contribution >= 0.6 is 0 Å². The highest BCUT2D eigenvalue weighted by Gasteiger charge is 2.21. The van der Waals surface area contributed by atoms with Crippen LogP contribution in [0.2, 0.25) is 0 Å². The number of carbonyl (C=O) groups excluding carboxylic acids is 3. The molecule has 2 aromatic rings. The highest BCUT2D eigenvalue weighted by atomic mass is 16.5. The number of carbonyl (C=O) groups is 3. The minimum atomic E-state index is -0.689. The van der Waals surface area contributed by atoms with E-state index in [-0.39, 0.29) is 30.1 Å². The fourth-order valence-corrected chi connectivity index (χ4v) is 4.51. The van der Waals surface area contributed by atoms with Crippen LogP contribution in [-0.2, 0) is 20.7 Å². The second-order valence-electron chi connectivity index (χ2n) is 10.8. The van der Waals surface area contributed by atoms with Crippen molar-refractivity contribution >= 4 is 23.5 Å². The summed E-state index contributed by atoms with van der Waals surface area (Å²) in [5.74, 6) is -0.445. The molecule has 0 aliphatic carbocycles. The second-order valence-corrected chi connectivity index (χ2v) is 10.8. The predicted molar refractivity (Wildman–Crippen MR) is 174 cm³/mol. The highest BCUT2D eigenvalue weighted by Crippen LogP contribution is 2.14. The number of hydrogen-bond acceptors (Lipinski definition) is 9. The Morgan fingerprint density at radius 2 is 1.64 bits per heavy atom. The monoisotopic (exact) mass is 624 g/mol. The molecular weight excluding hydrogens is 576 g/mol. The van der Waals surface area contributed by atoms with Gasteiger partial charge in [-0.25, -0.2) is 4.79 Å². The van der Waals surface area contributed by atoms with E-state index in [0.29, 0.717) is 50.0 Å². The van der Waals surface area contributed by atoms with E-state index in [1.807, 2.05) is 6.92 Å². The average molecular weight is 625 g/mol. The molecule has 13 heteroatoms. The summed E-state index contributed by atoms with van der Waals surface area (Å²) < 4.78 is 5.47. The van der Waals surface area contributed by atoms with Crippen LogP contribution in [0.4, 0.5) is 5.69 Å². The number of aromatic hydroxyl groups is 1. The lowest BCUT2D eigenvalue weighted by Gasteiger charge is -2.19. The lowest BCUT2D eigenvalue weighted by Crippen LogP contribution is -2.48. The Morgan fingerprint density at radius 1 is 0.978 bits per heavy atom. The first-order valence-corrected chi connectivity index (χ1v) is 15.6. The van der Waals surface area contributed by atoms with E-state index in [1.165, 1.54) is 0 Å². The Labute approximate surface area is 265 Å². The van der Waals surface area contributed by atoms with Gasteiger partial charge in [-0.3, -0.25) is 9.59 Å². The standard InChI is InChI=1S/C32H48N8O5/c1-2-6-30(42)38-29(21-24-7-13-28(41)14-8-24)31(43)37-19-4-3-17-35-22-25(23-36-18-5-16-33)15-20-45-32(44)26-9-11-27(12-10-26)39-40-34/h7-14,25,29,35-36,41H,2-6,15-23,33H2,1H3,(H,37,43)(H,38,42)/t25?,29-/m0/s1. The molecule has 0 aliphatic rings. The number of nitrogens with one attached hydrogen (secondary N) is 4. The summed E-state index contributed by atoms with van der Waals surface area (Å²) in [6.45, 7) is 6.36. The molecule has 0 saturated heterocycles. The minimum Gasteiger partial charge on any atom is -0.508 e. The molecule has 45 heavy (non-hydrogen) atoms. The molecule has 0 aromatic heterocycles. The summed E-state index contributed by atoms with van der Waals surface area (Å²) >= 11 is 0. The molecule has 2 amide bonds. The van der Waals surface area contributed by atoms with Gasteiger partial charge in [0.15, 0.2) is 0 Å². The minimum absolute atomic E-state index is 0.146. The third kappa shape index (κ3) is 15.9. The Balaban J connectivity index is 1.73. The molecule has 2 rings (SSSR count). The van der Waals surface area contributed by atoms with Crippen molar-refractivity contribution in [2.45, 2.75) is 57.9 Å². The summed E-state index contributed by atoms with van der Waals surface area (Å²) in [6, 6.07) is 12.2. The van der Waals surface area contributed by atoms with Crippen molar-refractivity contribution in [1.82, 2.24) is 21.3 Å². The number of unbranched alkanes of at least 4 members (excludes halogenated alkanes) is 1. The molecule has 0 spiro atoms. The number of ether oxygens (including phenoxy) is 1. The molecular formula is C32H48N8O5. The van der Waals surface area contributed by atoms with Crippen molar-refractivity contribution in [2.75, 3.05) is 45.9 Å². The molecule has 7 N–H and O–H groups in total. The number of azide groups is 1. The Kier molecular flexibility index (Phi) is 18.4. The van der Waals surface area contributed by atoms with Gasteiger partial charge in [0.1, 0.15) is 11.8 Å². The van der Waals surface area contributed by atoms with Crippen molar-refractivity contribution < 1.29 is 24.2 Å². The van der Waals surface area contributed by atoms with Crippen molar-refractivity contribution in [3.8, 4) is 5.75 Å². The van der Waals surface area contributed by atoms with Gasteiger partial charge in [0.2, 0.25) is 11.8 Å². The van der Waals surface area contributed by atoms with Gasteiger partial charge in [-0.2, -0.15) is 0 Å². The zero-order chi connectivity index (χ0) is 32.7. The topological polar surface area (TPSA) is 204 Å². The fraction of sp³-hybridized carbons (Fsp3) is 0.531. The maximum atomic E-state index is 12.9. The van der Waals surface area contributed by atoms with Crippen molar-refractivity contribution in [2.24, 2.45) is 16.8 Å². The van der Waals surface area contributed by atoms with E-state index in [2.05, 4.69) is 31.3 Å². The van der Waals surface area contributed by atoms with Gasteiger partial charge < -0.3 is 36.8 Å². The predicted octanol–water partition coefficient (Wildman–Crippen LogP) is 3.45. The SMILES string of the molecule is CCCC(=O)N[C@@H](Cc1ccc(O)cc1)C(=O)NCCCCNCC(CCOC(=O)c1ccc(N=[N+]=[N-])cc1)CNCCCN. The van der Waals surface area contributed by atoms with Crippen molar-refractivity contribution in [3.63, 3.8) is 0 Å². The van der Waals surface area contributed by atoms with Gasteiger partial charge in [-0.15, -0.1) is 0 Å². The van der Waals surface area contributed by atoms with Gasteiger partial charge >= 0.3 is 5.97 Å². The first-order valence-electron chi connectivity index (χ1n) is 15.6. The van der Waals surface area contributed by atoms with Crippen LogP contribution in [-0.4, -0.2) is 74.8 Å². The lowest BCUT2D eigenvalue weighted by molar-refractivity contribution is -0.129. The smallest absolute Gasteiger partial charge is 0.338 e. The van der Waals surface area contributed by atoms with Gasteiger partial charge in [-0.05, 0) is 106 Å². The van der Waals surface area contributed by atoms with Crippen LogP contribution in [0.3, 0.4) is 0 Å². The van der Waals surface area contributed by atoms with Gasteiger partial charge in [-0.1, -0.05) is 36.3 Å². The van der Waals surface area contributed by atoms with Gasteiger partial charge in [0.05, 0.1) is 12.2 Å². The van der Waals surface area contributed by atoms with Crippen LogP contribution in [0.5, 0.6) is 5.75 Å². The molecule has 2 atom stereocenters. The van der Waals surface area contributed by atoms with E-state index in [1.54, 1.807) is 48.5 Å². The van der Waals surface area contributed by atoms with Crippen LogP contribution in [0, 0.1) is 5.92 Å². The summed E-state index contributed by atoms with van der Waals surface area (Å²) in [7, 11) is 0. The van der Waals surface area contributed by atoms with E-state index < -0.39 is 12.0 Å². The number of hydrogen-bond donors (Lipinski definition) is 6. The Morgan fingerprint density at radius 3 is 2.29 bits per heavy atom.